The van der Waals surface area contributed by atoms with Gasteiger partial charge in [0.1, 0.15) is 5.82 Å². The van der Waals surface area contributed by atoms with E-state index in [1.165, 1.54) is 51.4 Å². The summed E-state index contributed by atoms with van der Waals surface area (Å²) in [5.74, 6) is 1.15. The fourth-order valence-electron chi connectivity index (χ4n) is 2.28. The first-order valence-corrected chi connectivity index (χ1v) is 7.53. The predicted octanol–water partition coefficient (Wildman–Crippen LogP) is 3.74. The summed E-state index contributed by atoms with van der Waals surface area (Å²) in [4.78, 5) is 4.36. The highest BCUT2D eigenvalue weighted by Gasteiger charge is 2.00. The van der Waals surface area contributed by atoms with E-state index < -0.39 is 0 Å². The van der Waals surface area contributed by atoms with Crippen molar-refractivity contribution in [2.45, 2.75) is 71.4 Å². The summed E-state index contributed by atoms with van der Waals surface area (Å²) in [5.41, 5.74) is 0. The molecule has 18 heavy (non-hydrogen) atoms. The third-order valence-corrected chi connectivity index (χ3v) is 3.39. The number of imidazole rings is 1. The molecule has 0 aliphatic rings. The van der Waals surface area contributed by atoms with Crippen LogP contribution in [0.3, 0.4) is 0 Å². The van der Waals surface area contributed by atoms with E-state index in [1.807, 2.05) is 13.2 Å². The van der Waals surface area contributed by atoms with Crippen molar-refractivity contribution in [2.24, 2.45) is 0 Å². The van der Waals surface area contributed by atoms with Crippen molar-refractivity contribution in [3.8, 4) is 0 Å². The van der Waals surface area contributed by atoms with Gasteiger partial charge in [0.2, 0.25) is 0 Å². The highest BCUT2D eigenvalue weighted by atomic mass is 15.1. The Kier molecular flexibility index (Phi) is 8.57. The van der Waals surface area contributed by atoms with E-state index in [0.29, 0.717) is 0 Å². The molecule has 3 nitrogen and oxygen atoms in total. The Morgan fingerprint density at radius 1 is 1.06 bits per heavy atom. The fraction of sp³-hybridized carbons (Fsp3) is 0.800. The molecule has 1 N–H and O–H groups in total. The number of hydrogen-bond donors (Lipinski definition) is 1. The molecule has 1 aromatic heterocycles. The Labute approximate surface area is 112 Å². The molecule has 0 saturated carbocycles. The van der Waals surface area contributed by atoms with E-state index in [4.69, 9.17) is 0 Å². The van der Waals surface area contributed by atoms with Crippen LogP contribution >= 0.6 is 0 Å². The summed E-state index contributed by atoms with van der Waals surface area (Å²) in [5, 5.41) is 3.16. The molecule has 3 heteroatoms. The molecule has 1 rings (SSSR count). The molecule has 0 amide bonds. The Bertz CT molecular complexity index is 294. The summed E-state index contributed by atoms with van der Waals surface area (Å²) in [6.45, 7) is 4.25. The predicted molar refractivity (Wildman–Crippen MR) is 77.6 cm³/mol. The Hall–Kier alpha value is -0.830. The molecule has 0 aromatic carbocycles. The Morgan fingerprint density at radius 3 is 2.39 bits per heavy atom. The van der Waals surface area contributed by atoms with Gasteiger partial charge in [-0.2, -0.15) is 0 Å². The SMILES string of the molecule is CCCCCCCCCCn1ccnc1CNC. The van der Waals surface area contributed by atoms with Crippen LogP contribution in [0.5, 0.6) is 0 Å². The molecule has 0 unspecified atom stereocenters. The summed E-state index contributed by atoms with van der Waals surface area (Å²) in [7, 11) is 1.97. The van der Waals surface area contributed by atoms with Crippen LogP contribution in [-0.2, 0) is 13.1 Å². The van der Waals surface area contributed by atoms with Crippen LogP contribution in [0.2, 0.25) is 0 Å². The van der Waals surface area contributed by atoms with Gasteiger partial charge in [0.15, 0.2) is 0 Å². The average Bonchev–Trinajstić information content (AvgIpc) is 2.81. The zero-order chi connectivity index (χ0) is 13.1. The van der Waals surface area contributed by atoms with Crippen LogP contribution in [0.25, 0.3) is 0 Å². The number of aryl methyl sites for hydroxylation is 1. The maximum atomic E-state index is 4.36. The second-order valence-electron chi connectivity index (χ2n) is 5.04. The van der Waals surface area contributed by atoms with Crippen molar-refractivity contribution in [1.82, 2.24) is 14.9 Å². The van der Waals surface area contributed by atoms with Gasteiger partial charge in [-0.05, 0) is 13.5 Å². The van der Waals surface area contributed by atoms with Crippen LogP contribution in [0, 0.1) is 0 Å². The molecule has 0 atom stereocenters. The Morgan fingerprint density at radius 2 is 1.72 bits per heavy atom. The number of aromatic nitrogens is 2. The highest BCUT2D eigenvalue weighted by Crippen LogP contribution is 2.09. The molecule has 0 saturated heterocycles. The third-order valence-electron chi connectivity index (χ3n) is 3.39. The zero-order valence-corrected chi connectivity index (χ0v) is 12.1. The van der Waals surface area contributed by atoms with E-state index in [-0.39, 0.29) is 0 Å². The lowest BCUT2D eigenvalue weighted by Crippen LogP contribution is -2.12. The number of rotatable bonds is 11. The van der Waals surface area contributed by atoms with Gasteiger partial charge in [-0.3, -0.25) is 0 Å². The largest absolute Gasteiger partial charge is 0.334 e. The second kappa shape index (κ2) is 10.1. The van der Waals surface area contributed by atoms with E-state index in [1.54, 1.807) is 0 Å². The van der Waals surface area contributed by atoms with Crippen molar-refractivity contribution in [3.63, 3.8) is 0 Å². The van der Waals surface area contributed by atoms with Gasteiger partial charge in [0.05, 0.1) is 6.54 Å². The molecule has 0 radical (unpaired) electrons. The van der Waals surface area contributed by atoms with Crippen LogP contribution in [0.4, 0.5) is 0 Å². The first-order chi connectivity index (χ1) is 8.88. The van der Waals surface area contributed by atoms with Gasteiger partial charge in [0, 0.05) is 18.9 Å². The lowest BCUT2D eigenvalue weighted by Gasteiger charge is -2.07. The van der Waals surface area contributed by atoms with Gasteiger partial charge in [-0.25, -0.2) is 4.98 Å². The van der Waals surface area contributed by atoms with E-state index in [9.17, 15) is 0 Å². The minimum Gasteiger partial charge on any atom is -0.334 e. The van der Waals surface area contributed by atoms with Crippen LogP contribution in [0.1, 0.15) is 64.1 Å². The third kappa shape index (κ3) is 6.20. The van der Waals surface area contributed by atoms with Crippen molar-refractivity contribution in [1.29, 1.82) is 0 Å². The average molecular weight is 251 g/mol. The van der Waals surface area contributed by atoms with Gasteiger partial charge in [-0.15, -0.1) is 0 Å². The van der Waals surface area contributed by atoms with E-state index in [2.05, 4.69) is 28.0 Å². The fourth-order valence-corrected chi connectivity index (χ4v) is 2.28. The second-order valence-corrected chi connectivity index (χ2v) is 5.04. The molecule has 0 aliphatic carbocycles. The van der Waals surface area contributed by atoms with Crippen molar-refractivity contribution in [2.75, 3.05) is 7.05 Å². The summed E-state index contributed by atoms with van der Waals surface area (Å²) >= 11 is 0. The standard InChI is InChI=1S/C15H29N3/c1-3-4-5-6-7-8-9-10-12-18-13-11-17-15(18)14-16-2/h11,13,16H,3-10,12,14H2,1-2H3. The molecule has 104 valence electrons. The molecule has 1 heterocycles. The molecule has 0 fully saturated rings. The molecule has 1 aromatic rings. The first-order valence-electron chi connectivity index (χ1n) is 7.53. The lowest BCUT2D eigenvalue weighted by atomic mass is 10.1. The van der Waals surface area contributed by atoms with Gasteiger partial charge in [-0.1, -0.05) is 51.9 Å². The van der Waals surface area contributed by atoms with Crippen molar-refractivity contribution < 1.29 is 0 Å². The van der Waals surface area contributed by atoms with E-state index >= 15 is 0 Å². The van der Waals surface area contributed by atoms with Gasteiger partial charge < -0.3 is 9.88 Å². The zero-order valence-electron chi connectivity index (χ0n) is 12.1. The molecule has 0 bridgehead atoms. The van der Waals surface area contributed by atoms with Crippen LogP contribution < -0.4 is 5.32 Å². The summed E-state index contributed by atoms with van der Waals surface area (Å²) in [6, 6.07) is 0. The topological polar surface area (TPSA) is 29.9 Å². The lowest BCUT2D eigenvalue weighted by molar-refractivity contribution is 0.531. The minimum atomic E-state index is 0.865. The van der Waals surface area contributed by atoms with Crippen molar-refractivity contribution in [3.05, 3.63) is 18.2 Å². The maximum absolute atomic E-state index is 4.36. The summed E-state index contributed by atoms with van der Waals surface area (Å²) < 4.78 is 2.27. The maximum Gasteiger partial charge on any atom is 0.122 e. The molecular weight excluding hydrogens is 222 g/mol. The monoisotopic (exact) mass is 251 g/mol. The quantitative estimate of drug-likeness (QED) is 0.607. The van der Waals surface area contributed by atoms with E-state index in [0.717, 1.165) is 18.9 Å². The summed E-state index contributed by atoms with van der Waals surface area (Å²) in [6.07, 6.45) is 15.0. The van der Waals surface area contributed by atoms with Crippen LogP contribution in [-0.4, -0.2) is 16.6 Å². The normalized spacial score (nSPS) is 11.0. The number of hydrogen-bond acceptors (Lipinski definition) is 2. The molecule has 0 aliphatic heterocycles. The van der Waals surface area contributed by atoms with Crippen LogP contribution in [0.15, 0.2) is 12.4 Å². The number of nitrogens with one attached hydrogen (secondary N) is 1. The Balaban J connectivity index is 2.01. The minimum absolute atomic E-state index is 0.865. The number of nitrogens with zero attached hydrogens (tertiary/aromatic N) is 2. The highest BCUT2D eigenvalue weighted by molar-refractivity contribution is 4.91. The van der Waals surface area contributed by atoms with Gasteiger partial charge in [0.25, 0.3) is 0 Å². The van der Waals surface area contributed by atoms with Gasteiger partial charge >= 0.3 is 0 Å². The molecular formula is C15H29N3. The molecule has 0 spiro atoms. The number of unbranched alkanes of at least 4 members (excludes halogenated alkanes) is 7. The smallest absolute Gasteiger partial charge is 0.122 e. The first kappa shape index (κ1) is 15.2. The van der Waals surface area contributed by atoms with Crippen molar-refractivity contribution >= 4 is 0 Å².